The van der Waals surface area contributed by atoms with E-state index < -0.39 is 242 Å². The van der Waals surface area contributed by atoms with E-state index in [9.17, 15) is 112 Å². The summed E-state index contributed by atoms with van der Waals surface area (Å²) in [5, 5.41) is 89.3. The quantitative estimate of drug-likeness (QED) is 0.0250. The Morgan fingerprint density at radius 2 is 0.973 bits per heavy atom. The molecular formula is C71H102N18O23. The van der Waals surface area contributed by atoms with Crippen LogP contribution in [0.5, 0.6) is 5.75 Å². The maximum Gasteiger partial charge on any atom is 0.326 e. The number of H-pyrrole nitrogens is 1. The Bertz CT molecular complexity index is 3830. The lowest BCUT2D eigenvalue weighted by Gasteiger charge is -2.31. The Balaban J connectivity index is 1.26. The molecule has 41 heteroatoms. The number of aliphatic hydroxyl groups excluding tert-OH is 3. The molecule has 0 saturated carbocycles. The summed E-state index contributed by atoms with van der Waals surface area (Å²) in [4.78, 5) is 238. The van der Waals surface area contributed by atoms with Crippen molar-refractivity contribution in [2.45, 2.75) is 203 Å². The second-order valence-electron chi connectivity index (χ2n) is 27.8. The van der Waals surface area contributed by atoms with Crippen LogP contribution in [-0.4, -0.2) is 274 Å². The second-order valence-corrected chi connectivity index (χ2v) is 27.8. The van der Waals surface area contributed by atoms with E-state index in [0.717, 1.165) is 11.8 Å². The van der Waals surface area contributed by atoms with Crippen molar-refractivity contribution >= 4 is 101 Å². The average Bonchev–Trinajstić information content (AvgIpc) is 1.71. The van der Waals surface area contributed by atoms with Crippen molar-refractivity contribution in [3.05, 3.63) is 83.9 Å². The molecule has 2 fully saturated rings. The normalized spacial score (nSPS) is 17.6. The van der Waals surface area contributed by atoms with Crippen LogP contribution in [0.1, 0.15) is 110 Å². The van der Waals surface area contributed by atoms with Gasteiger partial charge in [-0.25, -0.2) is 9.78 Å². The van der Waals surface area contributed by atoms with Gasteiger partial charge in [-0.05, 0) is 81.5 Å². The maximum absolute atomic E-state index is 14.8. The van der Waals surface area contributed by atoms with Crippen LogP contribution < -0.4 is 75.3 Å². The number of aliphatic carboxylic acids is 2. The number of phenols is 1. The van der Waals surface area contributed by atoms with Gasteiger partial charge in [0.15, 0.2) is 0 Å². The van der Waals surface area contributed by atoms with Crippen molar-refractivity contribution in [1.29, 1.82) is 0 Å². The number of likely N-dealkylation sites (tertiary alicyclic amines) is 2. The van der Waals surface area contributed by atoms with Crippen LogP contribution in [0.25, 0.3) is 0 Å². The fourth-order valence-corrected chi connectivity index (χ4v) is 12.1. The lowest BCUT2D eigenvalue weighted by molar-refractivity contribution is -0.143. The Morgan fingerprint density at radius 3 is 1.51 bits per heavy atom. The number of nitrogens with two attached hydrogens (primary N) is 2. The van der Waals surface area contributed by atoms with E-state index in [1.54, 1.807) is 58.0 Å². The van der Waals surface area contributed by atoms with Gasteiger partial charge < -0.3 is 121 Å². The highest BCUT2D eigenvalue weighted by Gasteiger charge is 2.43. The summed E-state index contributed by atoms with van der Waals surface area (Å²) in [6, 6.07) is -4.96. The number of aliphatic hydroxyl groups is 3. The van der Waals surface area contributed by atoms with E-state index in [0.29, 0.717) is 24.1 Å². The summed E-state index contributed by atoms with van der Waals surface area (Å²) in [5.41, 5.74) is 12.4. The van der Waals surface area contributed by atoms with E-state index in [-0.39, 0.29) is 56.5 Å². The molecule has 2 aromatic carbocycles. The molecule has 2 aliphatic rings. The molecule has 0 spiro atoms. The van der Waals surface area contributed by atoms with E-state index in [1.165, 1.54) is 55.5 Å². The lowest BCUT2D eigenvalue weighted by atomic mass is 9.99. The van der Waals surface area contributed by atoms with Gasteiger partial charge in [0.1, 0.15) is 78.3 Å². The van der Waals surface area contributed by atoms with Gasteiger partial charge in [0, 0.05) is 44.2 Å². The molecule has 0 bridgehead atoms. The first kappa shape index (κ1) is 90.9. The number of aromatic nitrogens is 2. The number of aromatic amines is 1. The molecule has 112 heavy (non-hydrogen) atoms. The van der Waals surface area contributed by atoms with Crippen LogP contribution >= 0.6 is 0 Å². The number of amides is 15. The molecule has 0 aliphatic carbocycles. The summed E-state index contributed by atoms with van der Waals surface area (Å²) >= 11 is 0. The van der Waals surface area contributed by atoms with Crippen LogP contribution in [0.4, 0.5) is 0 Å². The maximum atomic E-state index is 14.8. The second kappa shape index (κ2) is 43.6. The molecule has 0 radical (unpaired) electrons. The van der Waals surface area contributed by atoms with Crippen molar-refractivity contribution in [2.75, 3.05) is 32.7 Å². The largest absolute Gasteiger partial charge is 0.508 e. The number of nitrogens with zero attached hydrogens (tertiary/aromatic N) is 3. The minimum Gasteiger partial charge on any atom is -0.508 e. The fraction of sp³-hybridized carbons (Fsp3) is 0.549. The molecule has 23 N–H and O–H groups in total. The Hall–Kier alpha value is -11.7. The Kier molecular flexibility index (Phi) is 35.4. The number of nitrogens with one attached hydrogen (secondary N) is 13. The molecular weight excluding hydrogens is 1470 g/mol. The third-order valence-electron chi connectivity index (χ3n) is 18.5. The van der Waals surface area contributed by atoms with Crippen LogP contribution in [0.2, 0.25) is 0 Å². The first-order chi connectivity index (χ1) is 52.8. The van der Waals surface area contributed by atoms with Gasteiger partial charge in [0.05, 0.1) is 57.1 Å². The minimum atomic E-state index is -2.09. The third kappa shape index (κ3) is 28.0. The molecule has 16 atom stereocenters. The van der Waals surface area contributed by atoms with Gasteiger partial charge in [0.2, 0.25) is 88.6 Å². The molecule has 3 heterocycles. The topological polar surface area (TPSA) is 643 Å². The van der Waals surface area contributed by atoms with E-state index >= 15 is 0 Å². The van der Waals surface area contributed by atoms with Crippen LogP contribution in [0.3, 0.4) is 0 Å². The summed E-state index contributed by atoms with van der Waals surface area (Å²) in [6.45, 7) is 7.31. The van der Waals surface area contributed by atoms with Crippen molar-refractivity contribution in [3.63, 3.8) is 0 Å². The molecule has 15 amide bonds. The SMILES string of the molecule is CCC(C)C(NC(=O)CNC(=O)C(CC(N)=O)NC(=O)CNC(=O)C(NC(=O)C(CC(=O)O)NC(=O)C(Cc1ccc(O)cc1)NC(=O)CNC(=O)C1CCCN1C(=O)C(Cc1cnc[nH]1)NC(=O)C(NC(=O)C(NC(=O)C(Cc1ccccc1)NC(=O)C1CCCN1C(=O)C(N)C(C)O)C(C)C)C(C)O)C(C)O)C(=O)O. The highest BCUT2D eigenvalue weighted by molar-refractivity contribution is 6.01. The summed E-state index contributed by atoms with van der Waals surface area (Å²) in [5.74, 6) is -19.8. The fourth-order valence-electron chi connectivity index (χ4n) is 12.1. The molecule has 3 aromatic rings. The number of rotatable bonds is 43. The number of imidazole rings is 1. The van der Waals surface area contributed by atoms with Gasteiger partial charge in [-0.15, -0.1) is 0 Å². The van der Waals surface area contributed by atoms with Gasteiger partial charge in [0.25, 0.3) is 0 Å². The van der Waals surface area contributed by atoms with Gasteiger partial charge in [-0.2, -0.15) is 0 Å². The standard InChI is InChI=1S/C71H102N18O23/c1-8-35(4)57(71(111)112)84-53(97)32-75-60(100)45(27-50(72)94)80-52(96)31-77-66(106)58(37(6)91)86-63(103)46(28-54(98)99)81-61(101)43(25-40-18-20-42(93)21-19-40)79-51(95)30-76-64(104)48-16-12-22-88(48)69(109)47(26-41-29-74-33-78-41)83-68(108)59(38(7)92)87-67(107)56(34(2)3)85-62(102)44(24-39-14-10-9-11-15-39)82-65(105)49-17-13-23-89(49)70(110)55(73)36(5)90/h9-11,14-15,18-21,29,33-38,43-49,55-59,90-93H,8,12-13,16-17,22-28,30-32,73H2,1-7H3,(H2,72,94)(H,74,78)(H,75,100)(H,76,104)(H,77,106)(H,79,95)(H,80,96)(H,81,101)(H,82,105)(H,83,108)(H,84,97)(H,85,102)(H,86,103)(H,87,107)(H,98,99)(H,111,112). The van der Waals surface area contributed by atoms with Crippen molar-refractivity contribution < 1.29 is 112 Å². The molecule has 5 rings (SSSR count). The summed E-state index contributed by atoms with van der Waals surface area (Å²) in [6.07, 6.45) is -3.65. The number of carbonyl (C=O) groups is 17. The predicted molar refractivity (Wildman–Crippen MR) is 391 cm³/mol. The van der Waals surface area contributed by atoms with Crippen LogP contribution in [-0.2, 0) is 101 Å². The Morgan fingerprint density at radius 1 is 0.500 bits per heavy atom. The Labute approximate surface area is 643 Å². The minimum absolute atomic E-state index is 0.0138. The van der Waals surface area contributed by atoms with Gasteiger partial charge >= 0.3 is 11.9 Å². The number of carbonyl (C=O) groups excluding carboxylic acids is 15. The zero-order chi connectivity index (χ0) is 83.4. The summed E-state index contributed by atoms with van der Waals surface area (Å²) in [7, 11) is 0. The van der Waals surface area contributed by atoms with Gasteiger partial charge in [-0.3, -0.25) is 76.7 Å². The molecule has 16 unspecified atom stereocenters. The first-order valence-corrected chi connectivity index (χ1v) is 36.3. The van der Waals surface area contributed by atoms with Crippen LogP contribution in [0, 0.1) is 11.8 Å². The lowest BCUT2D eigenvalue weighted by Crippen LogP contribution is -2.62. The van der Waals surface area contributed by atoms with Crippen molar-refractivity contribution in [3.8, 4) is 5.75 Å². The number of carboxylic acid groups (broad SMARTS) is 2. The molecule has 41 nitrogen and oxygen atoms in total. The number of carboxylic acids is 2. The zero-order valence-electron chi connectivity index (χ0n) is 62.9. The van der Waals surface area contributed by atoms with Gasteiger partial charge in [-0.1, -0.05) is 76.6 Å². The number of hydrogen-bond donors (Lipinski definition) is 21. The van der Waals surface area contributed by atoms with Crippen molar-refractivity contribution in [1.82, 2.24) is 83.6 Å². The highest BCUT2D eigenvalue weighted by Crippen LogP contribution is 2.23. The monoisotopic (exact) mass is 1570 g/mol. The van der Waals surface area contributed by atoms with Crippen LogP contribution in [0.15, 0.2) is 67.1 Å². The number of hydrogen-bond acceptors (Lipinski definition) is 23. The number of aromatic hydroxyl groups is 1. The molecule has 1 aromatic heterocycles. The smallest absolute Gasteiger partial charge is 0.326 e. The summed E-state index contributed by atoms with van der Waals surface area (Å²) < 4.78 is 0. The number of benzene rings is 2. The zero-order valence-corrected chi connectivity index (χ0v) is 62.9. The average molecular weight is 1580 g/mol. The molecule has 614 valence electrons. The third-order valence-corrected chi connectivity index (χ3v) is 18.5. The van der Waals surface area contributed by atoms with E-state index in [4.69, 9.17) is 11.5 Å². The highest BCUT2D eigenvalue weighted by atomic mass is 16.4. The van der Waals surface area contributed by atoms with E-state index in [1.807, 2.05) is 0 Å². The number of phenolic OH excluding ortho intramolecular Hbond substituents is 1. The predicted octanol–water partition coefficient (Wildman–Crippen LogP) is -7.56. The van der Waals surface area contributed by atoms with E-state index in [2.05, 4.69) is 73.8 Å². The van der Waals surface area contributed by atoms with Crippen molar-refractivity contribution in [2.24, 2.45) is 23.3 Å². The molecule has 2 aliphatic heterocycles. The number of primary amides is 1. The first-order valence-electron chi connectivity index (χ1n) is 36.3. The molecule has 2 saturated heterocycles.